The van der Waals surface area contributed by atoms with Crippen LogP contribution in [0.3, 0.4) is 0 Å². The van der Waals surface area contributed by atoms with Crippen LogP contribution < -0.4 is 4.90 Å². The van der Waals surface area contributed by atoms with Crippen molar-refractivity contribution in [2.45, 2.75) is 0 Å². The van der Waals surface area contributed by atoms with Crippen LogP contribution >= 0.6 is 0 Å². The third kappa shape index (κ3) is 6.24. The lowest BCUT2D eigenvalue weighted by Crippen LogP contribution is -2.11. The number of benzene rings is 9. The minimum absolute atomic E-state index is 0.877. The molecule has 0 amide bonds. The molecular weight excluding hydrogens is 679 g/mol. The average molecular weight is 716 g/mol. The standard InChI is InChI=1S/C54H37NO/c1-4-14-38(15-5-1)41-26-28-42(29-27-41)43-30-33-46(34-31-43)55(47-21-12-20-44(36-47)39-16-6-2-7-17-39)51-37-45(40-18-8-3-9-19-40)32-35-48(51)49-23-13-25-53-54(49)50-22-10-11-24-52(50)56-53/h1-37H. The Kier molecular flexibility index (Phi) is 8.55. The lowest BCUT2D eigenvalue weighted by Gasteiger charge is -2.29. The number of fused-ring (bicyclic) bond motifs is 3. The molecule has 0 atom stereocenters. The predicted octanol–water partition coefficient (Wildman–Crippen LogP) is 15.4. The number of hydrogen-bond acceptors (Lipinski definition) is 2. The van der Waals surface area contributed by atoms with Gasteiger partial charge in [0.1, 0.15) is 11.2 Å². The fourth-order valence-corrected chi connectivity index (χ4v) is 7.92. The summed E-state index contributed by atoms with van der Waals surface area (Å²) in [6.45, 7) is 0. The number of anilines is 3. The van der Waals surface area contributed by atoms with Crippen molar-refractivity contribution < 1.29 is 4.42 Å². The summed E-state index contributed by atoms with van der Waals surface area (Å²) in [5, 5.41) is 2.22. The monoisotopic (exact) mass is 715 g/mol. The number of hydrogen-bond donors (Lipinski definition) is 0. The summed E-state index contributed by atoms with van der Waals surface area (Å²) in [5.74, 6) is 0. The van der Waals surface area contributed by atoms with Crippen LogP contribution in [0.25, 0.3) is 77.6 Å². The van der Waals surface area contributed by atoms with Crippen molar-refractivity contribution in [1.82, 2.24) is 0 Å². The second-order valence-electron chi connectivity index (χ2n) is 14.1. The van der Waals surface area contributed by atoms with E-state index in [0.29, 0.717) is 0 Å². The zero-order valence-corrected chi connectivity index (χ0v) is 30.7. The Balaban J connectivity index is 1.17. The van der Waals surface area contributed by atoms with Gasteiger partial charge in [-0.3, -0.25) is 0 Å². The topological polar surface area (TPSA) is 16.4 Å². The van der Waals surface area contributed by atoms with Crippen LogP contribution in [0.15, 0.2) is 229 Å². The summed E-state index contributed by atoms with van der Waals surface area (Å²) >= 11 is 0. The molecule has 0 radical (unpaired) electrons. The van der Waals surface area contributed by atoms with Crippen LogP contribution in [0.5, 0.6) is 0 Å². The van der Waals surface area contributed by atoms with Crippen molar-refractivity contribution in [3.8, 4) is 55.6 Å². The molecule has 0 bridgehead atoms. The first-order valence-electron chi connectivity index (χ1n) is 19.1. The molecule has 10 rings (SSSR count). The minimum Gasteiger partial charge on any atom is -0.456 e. The third-order valence-corrected chi connectivity index (χ3v) is 10.7. The Bertz CT molecular complexity index is 2930. The van der Waals surface area contributed by atoms with Gasteiger partial charge in [0.2, 0.25) is 0 Å². The van der Waals surface area contributed by atoms with E-state index in [9.17, 15) is 0 Å². The molecule has 0 N–H and O–H groups in total. The summed E-state index contributed by atoms with van der Waals surface area (Å²) < 4.78 is 6.42. The molecule has 10 aromatic rings. The van der Waals surface area contributed by atoms with Gasteiger partial charge < -0.3 is 9.32 Å². The van der Waals surface area contributed by atoms with Crippen molar-refractivity contribution in [3.05, 3.63) is 224 Å². The highest BCUT2D eigenvalue weighted by atomic mass is 16.3. The largest absolute Gasteiger partial charge is 0.456 e. The molecule has 2 nitrogen and oxygen atoms in total. The summed E-state index contributed by atoms with van der Waals surface area (Å²) in [6.07, 6.45) is 0. The van der Waals surface area contributed by atoms with Crippen LogP contribution in [0.1, 0.15) is 0 Å². The molecule has 1 aromatic heterocycles. The Hall–Kier alpha value is -7.42. The van der Waals surface area contributed by atoms with E-state index in [4.69, 9.17) is 4.42 Å². The maximum absolute atomic E-state index is 6.42. The van der Waals surface area contributed by atoms with Gasteiger partial charge in [0.05, 0.1) is 5.69 Å². The van der Waals surface area contributed by atoms with E-state index in [2.05, 4.69) is 223 Å². The summed E-state index contributed by atoms with van der Waals surface area (Å²) in [4.78, 5) is 2.41. The van der Waals surface area contributed by atoms with E-state index in [0.717, 1.165) is 61.3 Å². The van der Waals surface area contributed by atoms with E-state index < -0.39 is 0 Å². The van der Waals surface area contributed by atoms with Crippen molar-refractivity contribution in [2.75, 3.05) is 4.90 Å². The zero-order valence-electron chi connectivity index (χ0n) is 30.7. The van der Waals surface area contributed by atoms with Crippen molar-refractivity contribution in [2.24, 2.45) is 0 Å². The van der Waals surface area contributed by atoms with Crippen molar-refractivity contribution in [1.29, 1.82) is 0 Å². The molecule has 56 heavy (non-hydrogen) atoms. The molecule has 9 aromatic carbocycles. The molecule has 1 heterocycles. The van der Waals surface area contributed by atoms with Crippen LogP contribution in [-0.2, 0) is 0 Å². The first-order chi connectivity index (χ1) is 27.8. The Labute approximate surface area is 327 Å². The first kappa shape index (κ1) is 33.2. The predicted molar refractivity (Wildman–Crippen MR) is 236 cm³/mol. The molecule has 0 saturated carbocycles. The van der Waals surface area contributed by atoms with Gasteiger partial charge in [0, 0.05) is 27.7 Å². The molecule has 2 heteroatoms. The summed E-state index contributed by atoms with van der Waals surface area (Å²) in [7, 11) is 0. The SMILES string of the molecule is c1ccc(-c2ccc(-c3ccc(N(c4cccc(-c5ccccc5)c4)c4cc(-c5ccccc5)ccc4-c4cccc5oc6ccccc6c45)cc3)cc2)cc1. The summed E-state index contributed by atoms with van der Waals surface area (Å²) in [5.41, 5.74) is 16.6. The highest BCUT2D eigenvalue weighted by molar-refractivity contribution is 6.14. The van der Waals surface area contributed by atoms with Crippen LogP contribution in [0.4, 0.5) is 17.1 Å². The smallest absolute Gasteiger partial charge is 0.136 e. The van der Waals surface area contributed by atoms with Crippen LogP contribution in [0, 0.1) is 0 Å². The van der Waals surface area contributed by atoms with Gasteiger partial charge in [0.15, 0.2) is 0 Å². The zero-order chi connectivity index (χ0) is 37.3. The maximum atomic E-state index is 6.42. The number of furan rings is 1. The van der Waals surface area contributed by atoms with Gasteiger partial charge in [-0.25, -0.2) is 0 Å². The van der Waals surface area contributed by atoms with E-state index >= 15 is 0 Å². The van der Waals surface area contributed by atoms with Gasteiger partial charge in [-0.05, 0) is 92.5 Å². The van der Waals surface area contributed by atoms with E-state index in [1.807, 2.05) is 6.07 Å². The quantitative estimate of drug-likeness (QED) is 0.156. The molecule has 0 fully saturated rings. The molecule has 0 spiro atoms. The van der Waals surface area contributed by atoms with E-state index in [1.54, 1.807) is 0 Å². The van der Waals surface area contributed by atoms with Gasteiger partial charge in [-0.2, -0.15) is 0 Å². The maximum Gasteiger partial charge on any atom is 0.136 e. The molecule has 0 unspecified atom stereocenters. The lowest BCUT2D eigenvalue weighted by atomic mass is 9.93. The molecule has 264 valence electrons. The number of rotatable bonds is 8. The van der Waals surface area contributed by atoms with Crippen LogP contribution in [0.2, 0.25) is 0 Å². The minimum atomic E-state index is 0.877. The fraction of sp³-hybridized carbons (Fsp3) is 0. The van der Waals surface area contributed by atoms with E-state index in [1.165, 1.54) is 33.4 Å². The highest BCUT2D eigenvalue weighted by Gasteiger charge is 2.22. The Morgan fingerprint density at radius 1 is 0.286 bits per heavy atom. The van der Waals surface area contributed by atoms with Crippen LogP contribution in [-0.4, -0.2) is 0 Å². The molecular formula is C54H37NO. The first-order valence-corrected chi connectivity index (χ1v) is 19.1. The molecule has 0 aliphatic carbocycles. The molecule has 0 aliphatic rings. The second kappa shape index (κ2) is 14.4. The molecule has 0 saturated heterocycles. The third-order valence-electron chi connectivity index (χ3n) is 10.7. The Morgan fingerprint density at radius 2 is 0.750 bits per heavy atom. The van der Waals surface area contributed by atoms with Gasteiger partial charge in [-0.1, -0.05) is 182 Å². The summed E-state index contributed by atoms with van der Waals surface area (Å²) in [6, 6.07) is 80.1. The highest BCUT2D eigenvalue weighted by Crippen LogP contribution is 2.47. The number of para-hydroxylation sites is 1. The van der Waals surface area contributed by atoms with E-state index in [-0.39, 0.29) is 0 Å². The molecule has 0 aliphatic heterocycles. The van der Waals surface area contributed by atoms with Gasteiger partial charge in [0.25, 0.3) is 0 Å². The Morgan fingerprint density at radius 3 is 1.39 bits per heavy atom. The fourth-order valence-electron chi connectivity index (χ4n) is 7.92. The lowest BCUT2D eigenvalue weighted by molar-refractivity contribution is 0.669. The van der Waals surface area contributed by atoms with Crippen molar-refractivity contribution >= 4 is 39.0 Å². The van der Waals surface area contributed by atoms with Crippen molar-refractivity contribution in [3.63, 3.8) is 0 Å². The van der Waals surface area contributed by atoms with Gasteiger partial charge in [-0.15, -0.1) is 0 Å². The average Bonchev–Trinajstić information content (AvgIpc) is 3.67. The normalized spacial score (nSPS) is 11.2. The second-order valence-corrected chi connectivity index (χ2v) is 14.1. The van der Waals surface area contributed by atoms with Gasteiger partial charge >= 0.3 is 0 Å². The number of nitrogens with zero attached hydrogens (tertiary/aromatic N) is 1.